The van der Waals surface area contributed by atoms with E-state index in [9.17, 15) is 4.79 Å². The van der Waals surface area contributed by atoms with Gasteiger partial charge in [0.15, 0.2) is 5.16 Å². The van der Waals surface area contributed by atoms with Crippen molar-refractivity contribution in [3.05, 3.63) is 45.8 Å². The zero-order chi connectivity index (χ0) is 15.1. The zero-order valence-corrected chi connectivity index (χ0v) is 12.8. The summed E-state index contributed by atoms with van der Waals surface area (Å²) in [4.78, 5) is 21.0. The van der Waals surface area contributed by atoms with Crippen molar-refractivity contribution in [1.29, 1.82) is 0 Å². The summed E-state index contributed by atoms with van der Waals surface area (Å²) in [5.41, 5.74) is 0.935. The van der Waals surface area contributed by atoms with Gasteiger partial charge in [-0.25, -0.2) is 4.98 Å². The van der Waals surface area contributed by atoms with Crippen LogP contribution in [0.1, 0.15) is 0 Å². The van der Waals surface area contributed by atoms with Crippen molar-refractivity contribution in [2.75, 3.05) is 5.75 Å². The van der Waals surface area contributed by atoms with E-state index >= 15 is 0 Å². The Balaban J connectivity index is 1.76. The van der Waals surface area contributed by atoms with E-state index in [-0.39, 0.29) is 11.4 Å². The lowest BCUT2D eigenvalue weighted by Gasteiger charge is -2.01. The Hall–Kier alpha value is -2.12. The van der Waals surface area contributed by atoms with E-state index in [0.29, 0.717) is 23.0 Å². The van der Waals surface area contributed by atoms with Crippen LogP contribution in [0.5, 0.6) is 0 Å². The predicted octanol–water partition coefficient (Wildman–Crippen LogP) is 2.72. The molecular weight excluding hydrogens is 324 g/mol. The normalized spacial score (nSPS) is 13.3. The molecule has 1 aromatic carbocycles. The van der Waals surface area contributed by atoms with Gasteiger partial charge in [-0.2, -0.15) is 4.98 Å². The number of thioether (sulfide) groups is 1. The minimum Gasteiger partial charge on any atom is -0.333 e. The van der Waals surface area contributed by atoms with Crippen LogP contribution in [0.4, 0.5) is 0 Å². The third kappa shape index (κ3) is 2.22. The number of aromatic nitrogens is 4. The van der Waals surface area contributed by atoms with E-state index in [2.05, 4.69) is 15.1 Å². The third-order valence-corrected chi connectivity index (χ3v) is 4.54. The molecule has 0 radical (unpaired) electrons. The second kappa shape index (κ2) is 5.26. The van der Waals surface area contributed by atoms with Crippen molar-refractivity contribution in [2.24, 2.45) is 0 Å². The number of halogens is 1. The summed E-state index contributed by atoms with van der Waals surface area (Å²) in [6, 6.07) is 7.08. The highest BCUT2D eigenvalue weighted by Gasteiger charge is 2.20. The molecule has 0 spiro atoms. The van der Waals surface area contributed by atoms with Crippen LogP contribution in [-0.4, -0.2) is 25.4 Å². The highest BCUT2D eigenvalue weighted by atomic mass is 35.5. The summed E-state index contributed by atoms with van der Waals surface area (Å²) in [5.74, 6) is 1.44. The van der Waals surface area contributed by atoms with Gasteiger partial charge in [0.2, 0.25) is 5.82 Å². The molecule has 1 aliphatic rings. The van der Waals surface area contributed by atoms with Crippen LogP contribution in [0.2, 0.25) is 5.02 Å². The second-order valence-electron chi connectivity index (χ2n) is 4.69. The molecule has 3 aromatic rings. The van der Waals surface area contributed by atoms with Gasteiger partial charge < -0.3 is 4.52 Å². The molecule has 0 saturated carbocycles. The monoisotopic (exact) mass is 332 g/mol. The van der Waals surface area contributed by atoms with Crippen LogP contribution in [0.25, 0.3) is 22.8 Å². The molecular formula is C14H9ClN4O2S. The largest absolute Gasteiger partial charge is 0.333 e. The summed E-state index contributed by atoms with van der Waals surface area (Å²) in [7, 11) is 0. The van der Waals surface area contributed by atoms with Crippen LogP contribution in [-0.2, 0) is 6.54 Å². The lowest BCUT2D eigenvalue weighted by molar-refractivity contribution is 0.430. The molecule has 1 aliphatic heterocycles. The second-order valence-corrected chi connectivity index (χ2v) is 6.19. The Morgan fingerprint density at radius 3 is 2.91 bits per heavy atom. The molecule has 2 aromatic heterocycles. The standard InChI is InChI=1S/C14H9ClN4O2S/c15-9-3-1-8(2-4-9)11-17-12(21-18-11)10-7-16-14-19(13(10)20)5-6-22-14/h1-4,7H,5-6H2. The SMILES string of the molecule is O=c1c(-c2nc(-c3ccc(Cl)cc3)no2)cnc2n1CCS2. The first kappa shape index (κ1) is 13.5. The van der Waals surface area contributed by atoms with Crippen LogP contribution >= 0.6 is 23.4 Å². The fraction of sp³-hybridized carbons (Fsp3) is 0.143. The van der Waals surface area contributed by atoms with Crippen molar-refractivity contribution in [3.8, 4) is 22.8 Å². The lowest BCUT2D eigenvalue weighted by Crippen LogP contribution is -2.21. The summed E-state index contributed by atoms with van der Waals surface area (Å²) in [5, 5.41) is 5.28. The van der Waals surface area contributed by atoms with E-state index in [1.807, 2.05) is 0 Å². The Kier molecular flexibility index (Phi) is 3.24. The molecule has 0 atom stereocenters. The number of nitrogens with zero attached hydrogens (tertiary/aromatic N) is 4. The molecule has 4 rings (SSSR count). The number of benzene rings is 1. The maximum atomic E-state index is 12.4. The van der Waals surface area contributed by atoms with Crippen molar-refractivity contribution >= 4 is 23.4 Å². The van der Waals surface area contributed by atoms with Crippen molar-refractivity contribution < 1.29 is 4.52 Å². The Labute approximate surface area is 134 Å². The molecule has 0 aliphatic carbocycles. The van der Waals surface area contributed by atoms with Crippen LogP contribution in [0.3, 0.4) is 0 Å². The van der Waals surface area contributed by atoms with E-state index in [1.54, 1.807) is 40.6 Å². The Morgan fingerprint density at radius 2 is 2.09 bits per heavy atom. The van der Waals surface area contributed by atoms with Gasteiger partial charge in [0, 0.05) is 29.1 Å². The molecule has 8 heteroatoms. The highest BCUT2D eigenvalue weighted by molar-refractivity contribution is 7.99. The summed E-state index contributed by atoms with van der Waals surface area (Å²) in [6.07, 6.45) is 1.49. The van der Waals surface area contributed by atoms with E-state index < -0.39 is 0 Å². The van der Waals surface area contributed by atoms with Gasteiger partial charge in [0.25, 0.3) is 11.4 Å². The lowest BCUT2D eigenvalue weighted by atomic mass is 10.2. The number of rotatable bonds is 2. The predicted molar refractivity (Wildman–Crippen MR) is 83.0 cm³/mol. The van der Waals surface area contributed by atoms with Crippen LogP contribution < -0.4 is 5.56 Å². The quantitative estimate of drug-likeness (QED) is 0.672. The smallest absolute Gasteiger partial charge is 0.267 e. The average Bonchev–Trinajstić information content (AvgIpc) is 3.17. The van der Waals surface area contributed by atoms with Gasteiger partial charge in [-0.1, -0.05) is 28.5 Å². The topological polar surface area (TPSA) is 73.8 Å². The molecule has 0 amide bonds. The summed E-state index contributed by atoms with van der Waals surface area (Å²) >= 11 is 7.42. The average molecular weight is 333 g/mol. The molecule has 22 heavy (non-hydrogen) atoms. The maximum absolute atomic E-state index is 12.4. The molecule has 3 heterocycles. The van der Waals surface area contributed by atoms with E-state index in [0.717, 1.165) is 16.5 Å². The van der Waals surface area contributed by atoms with Gasteiger partial charge in [-0.15, -0.1) is 0 Å². The maximum Gasteiger partial charge on any atom is 0.267 e. The Morgan fingerprint density at radius 1 is 1.27 bits per heavy atom. The Bertz CT molecular complexity index is 904. The molecule has 6 nitrogen and oxygen atoms in total. The van der Waals surface area contributed by atoms with Gasteiger partial charge in [-0.05, 0) is 24.3 Å². The fourth-order valence-electron chi connectivity index (χ4n) is 2.21. The van der Waals surface area contributed by atoms with E-state index in [1.165, 1.54) is 6.20 Å². The molecule has 0 saturated heterocycles. The minimum atomic E-state index is -0.152. The number of hydrogen-bond acceptors (Lipinski definition) is 6. The van der Waals surface area contributed by atoms with E-state index in [4.69, 9.17) is 16.1 Å². The summed E-state index contributed by atoms with van der Waals surface area (Å²) < 4.78 is 6.85. The zero-order valence-electron chi connectivity index (χ0n) is 11.2. The van der Waals surface area contributed by atoms with Crippen molar-refractivity contribution in [3.63, 3.8) is 0 Å². The third-order valence-electron chi connectivity index (χ3n) is 3.32. The van der Waals surface area contributed by atoms with Crippen LogP contribution in [0.15, 0.2) is 44.9 Å². The van der Waals surface area contributed by atoms with Gasteiger partial charge in [0.05, 0.1) is 0 Å². The molecule has 0 unspecified atom stereocenters. The molecule has 0 bridgehead atoms. The first-order valence-corrected chi connectivity index (χ1v) is 7.91. The minimum absolute atomic E-state index is 0.152. The first-order chi connectivity index (χ1) is 10.7. The van der Waals surface area contributed by atoms with Gasteiger partial charge >= 0.3 is 0 Å². The number of hydrogen-bond donors (Lipinski definition) is 0. The molecule has 0 N–H and O–H groups in total. The summed E-state index contributed by atoms with van der Waals surface area (Å²) in [6.45, 7) is 0.651. The molecule has 110 valence electrons. The molecule has 0 fully saturated rings. The van der Waals surface area contributed by atoms with Crippen LogP contribution in [0, 0.1) is 0 Å². The highest BCUT2D eigenvalue weighted by Crippen LogP contribution is 2.24. The van der Waals surface area contributed by atoms with Crippen molar-refractivity contribution in [2.45, 2.75) is 11.7 Å². The fourth-order valence-corrected chi connectivity index (χ4v) is 3.25. The van der Waals surface area contributed by atoms with Gasteiger partial charge in [0.1, 0.15) is 5.56 Å². The number of fused-ring (bicyclic) bond motifs is 1. The van der Waals surface area contributed by atoms with Gasteiger partial charge in [-0.3, -0.25) is 9.36 Å². The first-order valence-electron chi connectivity index (χ1n) is 6.55. The van der Waals surface area contributed by atoms with Crippen molar-refractivity contribution in [1.82, 2.24) is 19.7 Å².